The molecule has 0 aliphatic heterocycles. The van der Waals surface area contributed by atoms with E-state index in [1.54, 1.807) is 0 Å². The van der Waals surface area contributed by atoms with E-state index < -0.39 is 8.32 Å². The minimum atomic E-state index is -1.68. The van der Waals surface area contributed by atoms with Crippen LogP contribution in [0.5, 0.6) is 0 Å². The van der Waals surface area contributed by atoms with E-state index in [4.69, 9.17) is 4.43 Å². The van der Waals surface area contributed by atoms with Crippen LogP contribution in [0.3, 0.4) is 0 Å². The lowest BCUT2D eigenvalue weighted by molar-refractivity contribution is 0.414. The van der Waals surface area contributed by atoms with Crippen LogP contribution in [-0.4, -0.2) is 8.32 Å². The van der Waals surface area contributed by atoms with Crippen molar-refractivity contribution in [1.82, 2.24) is 0 Å². The molecule has 0 aliphatic rings. The smallest absolute Gasteiger partial charge is 0.257 e. The molecule has 0 fully saturated rings. The predicted molar refractivity (Wildman–Crippen MR) is 85.4 cm³/mol. The Morgan fingerprint density at radius 3 is 1.78 bits per heavy atom. The first-order valence-corrected chi connectivity index (χ1v) is 9.86. The molecule has 0 amide bonds. The third-order valence-electron chi connectivity index (χ3n) is 4.05. The summed E-state index contributed by atoms with van der Waals surface area (Å²) in [4.78, 5) is 0. The molecule has 0 aromatic rings. The Balaban J connectivity index is 4.51. The van der Waals surface area contributed by atoms with E-state index in [1.165, 1.54) is 19.3 Å². The topological polar surface area (TPSA) is 9.23 Å². The highest BCUT2D eigenvalue weighted by molar-refractivity contribution is 6.77. The van der Waals surface area contributed by atoms with Crippen LogP contribution >= 0.6 is 0 Å². The van der Waals surface area contributed by atoms with Gasteiger partial charge < -0.3 is 4.43 Å². The molecule has 1 nitrogen and oxygen atoms in total. The van der Waals surface area contributed by atoms with Crippen LogP contribution in [-0.2, 0) is 4.43 Å². The zero-order valence-electron chi connectivity index (χ0n) is 13.6. The van der Waals surface area contributed by atoms with Gasteiger partial charge in [0.25, 0.3) is 8.32 Å². The fourth-order valence-electron chi connectivity index (χ4n) is 3.15. The first kappa shape index (κ1) is 17.8. The maximum Gasteiger partial charge on any atom is 0.257 e. The molecule has 108 valence electrons. The molecule has 0 bridgehead atoms. The Labute approximate surface area is 116 Å². The van der Waals surface area contributed by atoms with Gasteiger partial charge in [-0.05, 0) is 29.5 Å². The Bertz CT molecular complexity index is 209. The molecule has 0 saturated heterocycles. The maximum atomic E-state index is 6.35. The summed E-state index contributed by atoms with van der Waals surface area (Å²) in [6.07, 6.45) is 9.30. The molecular formula is C16H34OSi. The summed E-state index contributed by atoms with van der Waals surface area (Å²) < 4.78 is 6.35. The molecule has 2 heteroatoms. The van der Waals surface area contributed by atoms with Crippen molar-refractivity contribution < 1.29 is 4.43 Å². The standard InChI is InChI=1S/C16H34OSi/c1-8-9-10-11-12-13-17-18(14(2)3,15(4)5)16(6)7/h12-16H,8-11H2,1-7H3/b13-12-. The first-order chi connectivity index (χ1) is 8.39. The van der Waals surface area contributed by atoms with Crippen LogP contribution < -0.4 is 0 Å². The Hall–Kier alpha value is -0.243. The molecule has 0 aromatic carbocycles. The zero-order chi connectivity index (χ0) is 14.2. The van der Waals surface area contributed by atoms with Crippen molar-refractivity contribution in [3.05, 3.63) is 12.3 Å². The third kappa shape index (κ3) is 4.79. The lowest BCUT2D eigenvalue weighted by Crippen LogP contribution is -2.46. The van der Waals surface area contributed by atoms with Gasteiger partial charge in [-0.15, -0.1) is 0 Å². The molecule has 18 heavy (non-hydrogen) atoms. The molecule has 0 aliphatic carbocycles. The monoisotopic (exact) mass is 270 g/mol. The number of hydrogen-bond donors (Lipinski definition) is 0. The fraction of sp³-hybridized carbons (Fsp3) is 0.875. The van der Waals surface area contributed by atoms with E-state index in [9.17, 15) is 0 Å². The molecule has 0 N–H and O–H groups in total. The third-order valence-corrected chi connectivity index (χ3v) is 10.0. The Morgan fingerprint density at radius 2 is 1.39 bits per heavy atom. The molecule has 0 saturated carbocycles. The summed E-state index contributed by atoms with van der Waals surface area (Å²) in [5, 5.41) is 0. The van der Waals surface area contributed by atoms with Gasteiger partial charge in [0.1, 0.15) is 0 Å². The quantitative estimate of drug-likeness (QED) is 0.272. The van der Waals surface area contributed by atoms with Crippen LogP contribution in [0.25, 0.3) is 0 Å². The average Bonchev–Trinajstić information content (AvgIpc) is 2.26. The van der Waals surface area contributed by atoms with Gasteiger partial charge in [-0.3, -0.25) is 0 Å². The van der Waals surface area contributed by atoms with Gasteiger partial charge in [0.2, 0.25) is 0 Å². The number of allylic oxidation sites excluding steroid dienone is 1. The molecule has 0 atom stereocenters. The molecular weight excluding hydrogens is 236 g/mol. The molecule has 0 spiro atoms. The van der Waals surface area contributed by atoms with Crippen molar-refractivity contribution in [2.24, 2.45) is 0 Å². The number of hydrogen-bond acceptors (Lipinski definition) is 1. The highest BCUT2D eigenvalue weighted by Crippen LogP contribution is 2.42. The van der Waals surface area contributed by atoms with E-state index >= 15 is 0 Å². The molecule has 0 aromatic heterocycles. The number of rotatable bonds is 9. The molecule has 0 radical (unpaired) electrons. The van der Waals surface area contributed by atoms with Gasteiger partial charge in [0.15, 0.2) is 0 Å². The van der Waals surface area contributed by atoms with Crippen LogP contribution in [0.1, 0.15) is 74.1 Å². The highest BCUT2D eigenvalue weighted by Gasteiger charge is 2.46. The largest absolute Gasteiger partial charge is 0.548 e. The van der Waals surface area contributed by atoms with Gasteiger partial charge in [0, 0.05) is 0 Å². The maximum absolute atomic E-state index is 6.35. The number of unbranched alkanes of at least 4 members (excludes halogenated alkanes) is 3. The summed E-state index contributed by atoms with van der Waals surface area (Å²) >= 11 is 0. The highest BCUT2D eigenvalue weighted by atomic mass is 28.4. The van der Waals surface area contributed by atoms with E-state index in [1.807, 2.05) is 6.26 Å². The van der Waals surface area contributed by atoms with E-state index in [2.05, 4.69) is 54.5 Å². The summed E-state index contributed by atoms with van der Waals surface area (Å²) in [5.41, 5.74) is 1.99. The second-order valence-corrected chi connectivity index (χ2v) is 11.7. The van der Waals surface area contributed by atoms with Crippen molar-refractivity contribution in [2.45, 2.75) is 90.8 Å². The Kier molecular flexibility index (Phi) is 8.67. The molecule has 0 rings (SSSR count). The second-order valence-electron chi connectivity index (χ2n) is 6.30. The van der Waals surface area contributed by atoms with Crippen molar-refractivity contribution in [3.63, 3.8) is 0 Å². The molecule has 0 unspecified atom stereocenters. The van der Waals surface area contributed by atoms with Gasteiger partial charge in [-0.1, -0.05) is 67.4 Å². The van der Waals surface area contributed by atoms with Gasteiger partial charge in [-0.25, -0.2) is 0 Å². The summed E-state index contributed by atoms with van der Waals surface area (Å²) in [7, 11) is -1.68. The van der Waals surface area contributed by atoms with Crippen molar-refractivity contribution in [3.8, 4) is 0 Å². The minimum Gasteiger partial charge on any atom is -0.548 e. The van der Waals surface area contributed by atoms with E-state index in [0.29, 0.717) is 16.6 Å². The van der Waals surface area contributed by atoms with Gasteiger partial charge in [0.05, 0.1) is 6.26 Å². The predicted octanol–water partition coefficient (Wildman–Crippen LogP) is 6.27. The SMILES string of the molecule is CCCCC/C=C\O[Si](C(C)C)(C(C)C)C(C)C. The summed E-state index contributed by atoms with van der Waals surface area (Å²) in [6.45, 7) is 16.2. The van der Waals surface area contributed by atoms with Crippen LogP contribution in [0.4, 0.5) is 0 Å². The van der Waals surface area contributed by atoms with Crippen LogP contribution in [0, 0.1) is 0 Å². The summed E-state index contributed by atoms with van der Waals surface area (Å²) in [5.74, 6) is 0. The average molecular weight is 271 g/mol. The normalized spacial score (nSPS) is 13.2. The minimum absolute atomic E-state index is 0.665. The first-order valence-electron chi connectivity index (χ1n) is 7.72. The molecule has 0 heterocycles. The van der Waals surface area contributed by atoms with E-state index in [0.717, 1.165) is 6.42 Å². The van der Waals surface area contributed by atoms with Crippen molar-refractivity contribution >= 4 is 8.32 Å². The van der Waals surface area contributed by atoms with Crippen molar-refractivity contribution in [2.75, 3.05) is 0 Å². The fourth-order valence-corrected chi connectivity index (χ4v) is 8.30. The summed E-state index contributed by atoms with van der Waals surface area (Å²) in [6, 6.07) is 0. The van der Waals surface area contributed by atoms with Crippen LogP contribution in [0.15, 0.2) is 12.3 Å². The Morgan fingerprint density at radius 1 is 0.889 bits per heavy atom. The lowest BCUT2D eigenvalue weighted by Gasteiger charge is -2.41. The van der Waals surface area contributed by atoms with E-state index in [-0.39, 0.29) is 0 Å². The van der Waals surface area contributed by atoms with Crippen LogP contribution in [0.2, 0.25) is 16.6 Å². The van der Waals surface area contributed by atoms with Gasteiger partial charge >= 0.3 is 0 Å². The second kappa shape index (κ2) is 8.79. The van der Waals surface area contributed by atoms with Gasteiger partial charge in [-0.2, -0.15) is 0 Å². The lowest BCUT2D eigenvalue weighted by atomic mass is 10.2. The zero-order valence-corrected chi connectivity index (χ0v) is 14.6. The van der Waals surface area contributed by atoms with Crippen molar-refractivity contribution in [1.29, 1.82) is 0 Å².